The highest BCUT2D eigenvalue weighted by Gasteiger charge is 2.12. The number of nitrogens with zero attached hydrogens (tertiary/aromatic N) is 3. The first-order chi connectivity index (χ1) is 6.59. The number of fused-ring (bicyclic) bond motifs is 1. The first-order valence-corrected chi connectivity index (χ1v) is 5.44. The molecule has 0 saturated carbocycles. The van der Waals surface area contributed by atoms with Crippen LogP contribution < -0.4 is 0 Å². The normalized spacial score (nSPS) is 13.4. The fourth-order valence-corrected chi connectivity index (χ4v) is 1.94. The molecule has 2 aromatic heterocycles. The number of hydrogen-bond donors (Lipinski definition) is 0. The summed E-state index contributed by atoms with van der Waals surface area (Å²) in [7, 11) is 1.92. The Morgan fingerprint density at radius 3 is 2.93 bits per heavy atom. The average molecular weight is 275 g/mol. The first kappa shape index (κ1) is 9.93. The van der Waals surface area contributed by atoms with Crippen molar-refractivity contribution in [2.45, 2.75) is 12.3 Å². The van der Waals surface area contributed by atoms with Gasteiger partial charge in [0.15, 0.2) is 5.65 Å². The van der Waals surface area contributed by atoms with Crippen LogP contribution in [0.1, 0.15) is 18.1 Å². The Morgan fingerprint density at radius 2 is 2.29 bits per heavy atom. The Kier molecular flexibility index (Phi) is 2.49. The van der Waals surface area contributed by atoms with Crippen molar-refractivity contribution in [1.82, 2.24) is 14.5 Å². The molecular formula is C9H9BrClN3. The van der Waals surface area contributed by atoms with Crippen molar-refractivity contribution >= 4 is 38.7 Å². The van der Waals surface area contributed by atoms with E-state index in [1.54, 1.807) is 6.20 Å². The van der Waals surface area contributed by atoms with Crippen LogP contribution in [-0.2, 0) is 7.05 Å². The number of imidazole rings is 1. The summed E-state index contributed by atoms with van der Waals surface area (Å²) in [5, 5.41) is -0.104. The van der Waals surface area contributed by atoms with Gasteiger partial charge in [0.25, 0.3) is 0 Å². The minimum Gasteiger partial charge on any atom is -0.315 e. The molecule has 1 unspecified atom stereocenters. The van der Waals surface area contributed by atoms with E-state index in [9.17, 15) is 0 Å². The number of rotatable bonds is 1. The van der Waals surface area contributed by atoms with Crippen LogP contribution in [0.2, 0.25) is 0 Å². The molecule has 14 heavy (non-hydrogen) atoms. The van der Waals surface area contributed by atoms with Gasteiger partial charge in [0.2, 0.25) is 0 Å². The maximum Gasteiger partial charge on any atom is 0.159 e. The molecule has 3 nitrogen and oxygen atoms in total. The lowest BCUT2D eigenvalue weighted by molar-refractivity contribution is 0.805. The Balaban J connectivity index is 2.73. The smallest absolute Gasteiger partial charge is 0.159 e. The summed E-state index contributed by atoms with van der Waals surface area (Å²) in [4.78, 5) is 8.69. The molecule has 0 radical (unpaired) electrons. The van der Waals surface area contributed by atoms with E-state index in [1.165, 1.54) is 0 Å². The SMILES string of the molecule is CC(Cl)c1nc2cc(Br)cnc2n1C. The van der Waals surface area contributed by atoms with Crippen molar-refractivity contribution in [1.29, 1.82) is 0 Å². The minimum absolute atomic E-state index is 0.104. The van der Waals surface area contributed by atoms with Crippen LogP contribution in [0.15, 0.2) is 16.7 Å². The fourth-order valence-electron chi connectivity index (χ4n) is 1.42. The molecular weight excluding hydrogens is 265 g/mol. The van der Waals surface area contributed by atoms with Crippen molar-refractivity contribution in [3.05, 3.63) is 22.6 Å². The van der Waals surface area contributed by atoms with Crippen molar-refractivity contribution in [3.63, 3.8) is 0 Å². The Bertz CT molecular complexity index is 478. The molecule has 2 aromatic rings. The van der Waals surface area contributed by atoms with Gasteiger partial charge in [-0.15, -0.1) is 11.6 Å². The van der Waals surface area contributed by atoms with E-state index in [0.29, 0.717) is 0 Å². The van der Waals surface area contributed by atoms with Gasteiger partial charge in [-0.25, -0.2) is 9.97 Å². The fraction of sp³-hybridized carbons (Fsp3) is 0.333. The van der Waals surface area contributed by atoms with Gasteiger partial charge in [-0.1, -0.05) is 0 Å². The third kappa shape index (κ3) is 1.53. The van der Waals surface area contributed by atoms with E-state index in [2.05, 4.69) is 25.9 Å². The molecule has 0 spiro atoms. The van der Waals surface area contributed by atoms with Crippen LogP contribution in [0.3, 0.4) is 0 Å². The second kappa shape index (κ2) is 3.51. The zero-order chi connectivity index (χ0) is 10.3. The zero-order valence-electron chi connectivity index (χ0n) is 7.83. The van der Waals surface area contributed by atoms with E-state index < -0.39 is 0 Å². The molecule has 0 bridgehead atoms. The number of alkyl halides is 1. The number of pyridine rings is 1. The molecule has 1 atom stereocenters. The van der Waals surface area contributed by atoms with E-state index >= 15 is 0 Å². The number of aromatic nitrogens is 3. The van der Waals surface area contributed by atoms with Crippen molar-refractivity contribution in [2.75, 3.05) is 0 Å². The molecule has 0 aliphatic carbocycles. The summed E-state index contributed by atoms with van der Waals surface area (Å²) < 4.78 is 2.84. The summed E-state index contributed by atoms with van der Waals surface area (Å²) in [6, 6.07) is 1.94. The lowest BCUT2D eigenvalue weighted by atomic mass is 10.4. The molecule has 0 amide bonds. The van der Waals surface area contributed by atoms with Gasteiger partial charge in [-0.05, 0) is 28.9 Å². The third-order valence-corrected chi connectivity index (χ3v) is 2.69. The molecule has 2 rings (SSSR count). The maximum atomic E-state index is 6.00. The molecule has 0 fully saturated rings. The molecule has 2 heterocycles. The molecule has 0 aliphatic rings. The van der Waals surface area contributed by atoms with Gasteiger partial charge in [0.05, 0.1) is 5.38 Å². The van der Waals surface area contributed by atoms with E-state index in [4.69, 9.17) is 11.6 Å². The molecule has 0 aromatic carbocycles. The van der Waals surface area contributed by atoms with Crippen LogP contribution in [0.5, 0.6) is 0 Å². The van der Waals surface area contributed by atoms with Crippen molar-refractivity contribution in [2.24, 2.45) is 7.05 Å². The highest BCUT2D eigenvalue weighted by atomic mass is 79.9. The second-order valence-electron chi connectivity index (χ2n) is 3.14. The van der Waals surface area contributed by atoms with Crippen LogP contribution >= 0.6 is 27.5 Å². The molecule has 0 saturated heterocycles. The Hall–Kier alpha value is -0.610. The lowest BCUT2D eigenvalue weighted by Crippen LogP contribution is -1.98. The van der Waals surface area contributed by atoms with Crippen LogP contribution in [0.25, 0.3) is 11.2 Å². The average Bonchev–Trinajstić information content (AvgIpc) is 2.43. The predicted octanol–water partition coefficient (Wildman–Crippen LogP) is 3.03. The quantitative estimate of drug-likeness (QED) is 0.748. The van der Waals surface area contributed by atoms with Crippen LogP contribution in [0.4, 0.5) is 0 Å². The molecule has 5 heteroatoms. The Morgan fingerprint density at radius 1 is 1.57 bits per heavy atom. The largest absolute Gasteiger partial charge is 0.315 e. The van der Waals surface area contributed by atoms with Gasteiger partial charge in [0.1, 0.15) is 11.3 Å². The van der Waals surface area contributed by atoms with Gasteiger partial charge in [-0.2, -0.15) is 0 Å². The second-order valence-corrected chi connectivity index (χ2v) is 4.71. The summed E-state index contributed by atoms with van der Waals surface area (Å²) in [6.07, 6.45) is 1.76. The lowest BCUT2D eigenvalue weighted by Gasteiger charge is -2.01. The van der Waals surface area contributed by atoms with Crippen molar-refractivity contribution in [3.8, 4) is 0 Å². The molecule has 0 aliphatic heterocycles. The summed E-state index contributed by atoms with van der Waals surface area (Å²) in [5.41, 5.74) is 1.72. The van der Waals surface area contributed by atoms with E-state index in [1.807, 2.05) is 24.6 Å². The van der Waals surface area contributed by atoms with Crippen LogP contribution in [-0.4, -0.2) is 14.5 Å². The number of aryl methyl sites for hydroxylation is 1. The first-order valence-electron chi connectivity index (χ1n) is 4.21. The minimum atomic E-state index is -0.104. The third-order valence-electron chi connectivity index (χ3n) is 2.07. The molecule has 0 N–H and O–H groups in total. The van der Waals surface area contributed by atoms with E-state index in [0.717, 1.165) is 21.5 Å². The molecule has 74 valence electrons. The summed E-state index contributed by atoms with van der Waals surface area (Å²) in [6.45, 7) is 1.90. The van der Waals surface area contributed by atoms with E-state index in [-0.39, 0.29) is 5.38 Å². The monoisotopic (exact) mass is 273 g/mol. The zero-order valence-corrected chi connectivity index (χ0v) is 10.2. The topological polar surface area (TPSA) is 30.7 Å². The maximum absolute atomic E-state index is 6.00. The summed E-state index contributed by atoms with van der Waals surface area (Å²) in [5.74, 6) is 0.840. The van der Waals surface area contributed by atoms with Crippen molar-refractivity contribution < 1.29 is 0 Å². The number of hydrogen-bond acceptors (Lipinski definition) is 2. The highest BCUT2D eigenvalue weighted by molar-refractivity contribution is 9.10. The Labute approximate surface area is 95.2 Å². The van der Waals surface area contributed by atoms with Gasteiger partial charge in [-0.3, -0.25) is 0 Å². The standard InChI is InChI=1S/C9H9BrClN3/c1-5(11)8-13-7-3-6(10)4-12-9(7)14(8)2/h3-5H,1-2H3. The van der Waals surface area contributed by atoms with Gasteiger partial charge < -0.3 is 4.57 Å². The highest BCUT2D eigenvalue weighted by Crippen LogP contribution is 2.23. The number of halogens is 2. The van der Waals surface area contributed by atoms with Gasteiger partial charge >= 0.3 is 0 Å². The van der Waals surface area contributed by atoms with Gasteiger partial charge in [0, 0.05) is 17.7 Å². The summed E-state index contributed by atoms with van der Waals surface area (Å²) >= 11 is 9.36. The predicted molar refractivity (Wildman–Crippen MR) is 60.5 cm³/mol. The van der Waals surface area contributed by atoms with Crippen LogP contribution in [0, 0.1) is 0 Å².